The third-order valence-electron chi connectivity index (χ3n) is 4.71. The zero-order valence-electron chi connectivity index (χ0n) is 18.0. The summed E-state index contributed by atoms with van der Waals surface area (Å²) in [6.45, 7) is 5.81. The van der Waals surface area contributed by atoms with Crippen LogP contribution in [0.2, 0.25) is 0 Å². The van der Waals surface area contributed by atoms with E-state index in [-0.39, 0.29) is 11.4 Å². The van der Waals surface area contributed by atoms with Crippen molar-refractivity contribution in [2.24, 2.45) is 7.05 Å². The van der Waals surface area contributed by atoms with Crippen LogP contribution in [0.1, 0.15) is 35.5 Å². The van der Waals surface area contributed by atoms with Gasteiger partial charge in [0, 0.05) is 7.05 Å². The number of alkyl halides is 3. The fraction of sp³-hybridized carbons (Fsp3) is 0.318. The fourth-order valence-electron chi connectivity index (χ4n) is 3.14. The highest BCUT2D eigenvalue weighted by atomic mass is 32.2. The topological polar surface area (TPSA) is 69.0 Å². The van der Waals surface area contributed by atoms with Crippen molar-refractivity contribution < 1.29 is 22.7 Å². The fourth-order valence-corrected chi connectivity index (χ4v) is 3.85. The minimum atomic E-state index is -4.55. The predicted octanol–water partition coefficient (Wildman–Crippen LogP) is 5.32. The van der Waals surface area contributed by atoms with Crippen molar-refractivity contribution in [3.05, 3.63) is 65.0 Å². The Morgan fingerprint density at radius 1 is 1.19 bits per heavy atom. The third-order valence-corrected chi connectivity index (χ3v) is 5.73. The molecule has 6 nitrogen and oxygen atoms in total. The number of halogens is 3. The van der Waals surface area contributed by atoms with Crippen LogP contribution in [-0.4, -0.2) is 26.4 Å². The number of carbonyl (C=O) groups excluding carboxylic acids is 1. The van der Waals surface area contributed by atoms with E-state index in [0.29, 0.717) is 11.0 Å². The number of rotatable bonds is 7. The van der Waals surface area contributed by atoms with E-state index in [0.717, 1.165) is 34.7 Å². The van der Waals surface area contributed by atoms with E-state index >= 15 is 0 Å². The Morgan fingerprint density at radius 2 is 1.91 bits per heavy atom. The van der Waals surface area contributed by atoms with Crippen LogP contribution in [0.25, 0.3) is 0 Å². The largest absolute Gasteiger partial charge is 0.482 e. The molecule has 1 heterocycles. The van der Waals surface area contributed by atoms with E-state index in [2.05, 4.69) is 15.5 Å². The number of aryl methyl sites for hydroxylation is 2. The average molecular weight is 465 g/mol. The number of thioether (sulfide) groups is 1. The van der Waals surface area contributed by atoms with E-state index < -0.39 is 23.8 Å². The van der Waals surface area contributed by atoms with Gasteiger partial charge in [-0.2, -0.15) is 13.2 Å². The SMILES string of the molecule is Cc1ccc(OC(C)c2nnc(SCC(=O)Nc3ccccc3C(F)(F)F)n2C)c(C)c1. The lowest BCUT2D eigenvalue weighted by molar-refractivity contribution is -0.137. The molecule has 1 aromatic heterocycles. The summed E-state index contributed by atoms with van der Waals surface area (Å²) in [4.78, 5) is 12.2. The van der Waals surface area contributed by atoms with Crippen LogP contribution in [0.3, 0.4) is 0 Å². The molecule has 0 aliphatic heterocycles. The first-order valence-electron chi connectivity index (χ1n) is 9.78. The quantitative estimate of drug-likeness (QED) is 0.479. The third kappa shape index (κ3) is 5.61. The summed E-state index contributed by atoms with van der Waals surface area (Å²) in [5.74, 6) is 0.610. The lowest BCUT2D eigenvalue weighted by Crippen LogP contribution is -2.18. The Labute approximate surface area is 188 Å². The molecule has 170 valence electrons. The van der Waals surface area contributed by atoms with Gasteiger partial charge >= 0.3 is 6.18 Å². The summed E-state index contributed by atoms with van der Waals surface area (Å²) in [5, 5.41) is 11.0. The maximum absolute atomic E-state index is 13.1. The van der Waals surface area contributed by atoms with Crippen LogP contribution in [0.4, 0.5) is 18.9 Å². The molecule has 0 aliphatic rings. The maximum atomic E-state index is 13.1. The molecular weight excluding hydrogens is 441 g/mol. The number of carbonyl (C=O) groups is 1. The number of anilines is 1. The number of aromatic nitrogens is 3. The van der Waals surface area contributed by atoms with Crippen molar-refractivity contribution in [1.82, 2.24) is 14.8 Å². The van der Waals surface area contributed by atoms with Crippen LogP contribution in [0, 0.1) is 13.8 Å². The molecule has 10 heteroatoms. The normalized spacial score (nSPS) is 12.5. The summed E-state index contributed by atoms with van der Waals surface area (Å²) >= 11 is 1.08. The number of hydrogen-bond acceptors (Lipinski definition) is 5. The molecule has 1 amide bonds. The van der Waals surface area contributed by atoms with Crippen LogP contribution in [-0.2, 0) is 18.0 Å². The monoisotopic (exact) mass is 464 g/mol. The lowest BCUT2D eigenvalue weighted by Gasteiger charge is -2.16. The first kappa shape index (κ1) is 23.6. The van der Waals surface area contributed by atoms with Crippen molar-refractivity contribution in [3.63, 3.8) is 0 Å². The van der Waals surface area contributed by atoms with Crippen molar-refractivity contribution >= 4 is 23.4 Å². The van der Waals surface area contributed by atoms with E-state index in [1.54, 1.807) is 11.6 Å². The molecule has 0 fully saturated rings. The second-order valence-corrected chi connectivity index (χ2v) is 8.25. The molecule has 0 saturated carbocycles. The number of benzene rings is 2. The molecular formula is C22H23F3N4O2S. The van der Waals surface area contributed by atoms with E-state index in [1.165, 1.54) is 18.2 Å². The van der Waals surface area contributed by atoms with Gasteiger partial charge in [0.2, 0.25) is 5.91 Å². The Bertz CT molecular complexity index is 1110. The highest BCUT2D eigenvalue weighted by molar-refractivity contribution is 7.99. The van der Waals surface area contributed by atoms with Crippen LogP contribution in [0.15, 0.2) is 47.6 Å². The standard InChI is InChI=1S/C22H23F3N4O2S/c1-13-9-10-18(14(2)11-13)31-15(3)20-27-28-21(29(20)4)32-12-19(30)26-17-8-6-5-7-16(17)22(23,24)25/h5-11,15H,12H2,1-4H3,(H,26,30). The summed E-state index contributed by atoms with van der Waals surface area (Å²) < 4.78 is 47.0. The van der Waals surface area contributed by atoms with Gasteiger partial charge in [0.05, 0.1) is 17.0 Å². The van der Waals surface area contributed by atoms with Crippen molar-refractivity contribution in [3.8, 4) is 5.75 Å². The molecule has 0 radical (unpaired) electrons. The lowest BCUT2D eigenvalue weighted by atomic mass is 10.1. The highest BCUT2D eigenvalue weighted by Gasteiger charge is 2.33. The van der Waals surface area contributed by atoms with E-state index in [1.807, 2.05) is 39.0 Å². The van der Waals surface area contributed by atoms with Gasteiger partial charge < -0.3 is 14.6 Å². The number of nitrogens with zero attached hydrogens (tertiary/aromatic N) is 3. The molecule has 1 unspecified atom stereocenters. The molecule has 0 spiro atoms. The Balaban J connectivity index is 1.63. The molecule has 3 rings (SSSR count). The molecule has 0 aliphatic carbocycles. The van der Waals surface area contributed by atoms with Gasteiger partial charge in [-0.1, -0.05) is 41.6 Å². The van der Waals surface area contributed by atoms with Crippen LogP contribution >= 0.6 is 11.8 Å². The van der Waals surface area contributed by atoms with E-state index in [9.17, 15) is 18.0 Å². The second-order valence-electron chi connectivity index (χ2n) is 7.31. The Kier molecular flexibility index (Phi) is 7.12. The summed E-state index contributed by atoms with van der Waals surface area (Å²) in [6.07, 6.45) is -4.95. The number of para-hydroxylation sites is 1. The predicted molar refractivity (Wildman–Crippen MR) is 117 cm³/mol. The molecule has 2 aromatic carbocycles. The minimum absolute atomic E-state index is 0.121. The first-order valence-corrected chi connectivity index (χ1v) is 10.8. The second kappa shape index (κ2) is 9.64. The van der Waals surface area contributed by atoms with Gasteiger partial charge in [-0.15, -0.1) is 10.2 Å². The summed E-state index contributed by atoms with van der Waals surface area (Å²) in [5.41, 5.74) is 0.969. The zero-order valence-corrected chi connectivity index (χ0v) is 18.8. The zero-order chi connectivity index (χ0) is 23.5. The van der Waals surface area contributed by atoms with Gasteiger partial charge in [-0.25, -0.2) is 0 Å². The van der Waals surface area contributed by atoms with Crippen LogP contribution < -0.4 is 10.1 Å². The minimum Gasteiger partial charge on any atom is -0.482 e. The smallest absolute Gasteiger partial charge is 0.418 e. The van der Waals surface area contributed by atoms with Crippen molar-refractivity contribution in [2.45, 2.75) is 38.2 Å². The van der Waals surface area contributed by atoms with Crippen molar-refractivity contribution in [2.75, 3.05) is 11.1 Å². The summed E-state index contributed by atoms with van der Waals surface area (Å²) in [6, 6.07) is 10.7. The van der Waals surface area contributed by atoms with Gasteiger partial charge in [0.25, 0.3) is 0 Å². The van der Waals surface area contributed by atoms with Crippen LogP contribution in [0.5, 0.6) is 5.75 Å². The maximum Gasteiger partial charge on any atom is 0.418 e. The molecule has 32 heavy (non-hydrogen) atoms. The molecule has 1 atom stereocenters. The summed E-state index contributed by atoms with van der Waals surface area (Å²) in [7, 11) is 1.75. The van der Waals surface area contributed by atoms with Gasteiger partial charge in [0.15, 0.2) is 17.1 Å². The number of amides is 1. The Hall–Kier alpha value is -3.01. The average Bonchev–Trinajstić information content (AvgIpc) is 3.08. The number of nitrogens with one attached hydrogen (secondary N) is 1. The molecule has 0 saturated heterocycles. The first-order chi connectivity index (χ1) is 15.1. The van der Waals surface area contributed by atoms with Gasteiger partial charge in [-0.05, 0) is 44.5 Å². The van der Waals surface area contributed by atoms with E-state index in [4.69, 9.17) is 4.74 Å². The molecule has 1 N–H and O–H groups in total. The highest BCUT2D eigenvalue weighted by Crippen LogP contribution is 2.34. The molecule has 3 aromatic rings. The number of hydrogen-bond donors (Lipinski definition) is 1. The number of ether oxygens (including phenoxy) is 1. The van der Waals surface area contributed by atoms with Gasteiger partial charge in [-0.3, -0.25) is 4.79 Å². The Morgan fingerprint density at radius 3 is 2.59 bits per heavy atom. The van der Waals surface area contributed by atoms with Crippen molar-refractivity contribution in [1.29, 1.82) is 0 Å². The van der Waals surface area contributed by atoms with Gasteiger partial charge in [0.1, 0.15) is 5.75 Å². The molecule has 0 bridgehead atoms.